The average Bonchev–Trinajstić information content (AvgIpc) is 3.02. The fourth-order valence-electron chi connectivity index (χ4n) is 3.15. The molecule has 0 aliphatic carbocycles. The maximum atomic E-state index is 12.3. The van der Waals surface area contributed by atoms with E-state index < -0.39 is 0 Å². The second kappa shape index (κ2) is 8.39. The van der Waals surface area contributed by atoms with Gasteiger partial charge in [-0.2, -0.15) is 10.1 Å². The van der Waals surface area contributed by atoms with Gasteiger partial charge in [-0.1, -0.05) is 18.2 Å². The number of nitrogens with one attached hydrogen (secondary N) is 1. The first-order chi connectivity index (χ1) is 14.9. The van der Waals surface area contributed by atoms with Crippen molar-refractivity contribution < 1.29 is 9.53 Å². The Kier molecular flexibility index (Phi) is 5.49. The standard InChI is InChI=1S/C24H23N5O2/c1-15-16(2)28-29(17(15)3)22-14-23(26-18(4)25-22)31-21-12-10-20(11-13-21)27-24(30)19-8-6-5-7-9-19/h5-14H,1-4H3,(H,27,30). The van der Waals surface area contributed by atoms with E-state index in [0.717, 1.165) is 17.0 Å². The van der Waals surface area contributed by atoms with E-state index in [4.69, 9.17) is 4.74 Å². The lowest BCUT2D eigenvalue weighted by molar-refractivity contribution is 0.102. The maximum Gasteiger partial charge on any atom is 0.255 e. The highest BCUT2D eigenvalue weighted by Gasteiger charge is 2.13. The van der Waals surface area contributed by atoms with Crippen LogP contribution in [0.5, 0.6) is 11.6 Å². The topological polar surface area (TPSA) is 81.9 Å². The number of rotatable bonds is 5. The Hall–Kier alpha value is -4.00. The lowest BCUT2D eigenvalue weighted by Gasteiger charge is -2.10. The molecule has 0 aliphatic heterocycles. The molecule has 1 amide bonds. The number of anilines is 1. The number of hydrogen-bond donors (Lipinski definition) is 1. The molecular weight excluding hydrogens is 390 g/mol. The molecule has 31 heavy (non-hydrogen) atoms. The van der Waals surface area contributed by atoms with Gasteiger partial charge in [-0.3, -0.25) is 4.79 Å². The van der Waals surface area contributed by atoms with Crippen LogP contribution in [-0.2, 0) is 0 Å². The molecule has 0 saturated heterocycles. The first kappa shape index (κ1) is 20.3. The summed E-state index contributed by atoms with van der Waals surface area (Å²) in [4.78, 5) is 21.2. The molecule has 0 aliphatic rings. The van der Waals surface area contributed by atoms with Crippen molar-refractivity contribution in [3.63, 3.8) is 0 Å². The first-order valence-corrected chi connectivity index (χ1v) is 9.94. The van der Waals surface area contributed by atoms with Gasteiger partial charge >= 0.3 is 0 Å². The smallest absolute Gasteiger partial charge is 0.255 e. The zero-order chi connectivity index (χ0) is 22.0. The third-order valence-corrected chi connectivity index (χ3v) is 5.04. The SMILES string of the molecule is Cc1nc(Oc2ccc(NC(=O)c3ccccc3)cc2)cc(-n2nc(C)c(C)c2C)n1. The Labute approximate surface area is 180 Å². The summed E-state index contributed by atoms with van der Waals surface area (Å²) in [5, 5.41) is 7.44. The van der Waals surface area contributed by atoms with E-state index in [2.05, 4.69) is 20.4 Å². The summed E-state index contributed by atoms with van der Waals surface area (Å²) in [6, 6.07) is 18.0. The van der Waals surface area contributed by atoms with Crippen molar-refractivity contribution in [2.75, 3.05) is 5.32 Å². The lowest BCUT2D eigenvalue weighted by atomic mass is 10.2. The number of aryl methyl sites for hydroxylation is 2. The van der Waals surface area contributed by atoms with Crippen LogP contribution in [0.1, 0.15) is 33.1 Å². The van der Waals surface area contributed by atoms with E-state index in [1.807, 2.05) is 45.9 Å². The molecular formula is C24H23N5O2. The van der Waals surface area contributed by atoms with Gasteiger partial charge in [0.1, 0.15) is 11.6 Å². The first-order valence-electron chi connectivity index (χ1n) is 9.94. The number of aromatic nitrogens is 4. The van der Waals surface area contributed by atoms with Gasteiger partial charge in [0.05, 0.1) is 5.69 Å². The van der Waals surface area contributed by atoms with Gasteiger partial charge in [0.25, 0.3) is 5.91 Å². The second-order valence-corrected chi connectivity index (χ2v) is 7.27. The second-order valence-electron chi connectivity index (χ2n) is 7.27. The summed E-state index contributed by atoms with van der Waals surface area (Å²) in [6.45, 7) is 7.84. The van der Waals surface area contributed by atoms with Crippen molar-refractivity contribution in [1.29, 1.82) is 0 Å². The van der Waals surface area contributed by atoms with E-state index in [9.17, 15) is 4.79 Å². The van der Waals surface area contributed by atoms with Crippen molar-refractivity contribution in [1.82, 2.24) is 19.7 Å². The predicted octanol–water partition coefficient (Wildman–Crippen LogP) is 4.94. The van der Waals surface area contributed by atoms with Gasteiger partial charge in [0.15, 0.2) is 5.82 Å². The van der Waals surface area contributed by atoms with Gasteiger partial charge < -0.3 is 10.1 Å². The Morgan fingerprint density at radius 2 is 1.65 bits per heavy atom. The number of benzene rings is 2. The van der Waals surface area contributed by atoms with Crippen molar-refractivity contribution >= 4 is 11.6 Å². The van der Waals surface area contributed by atoms with Crippen LogP contribution < -0.4 is 10.1 Å². The summed E-state index contributed by atoms with van der Waals surface area (Å²) in [7, 11) is 0. The van der Waals surface area contributed by atoms with Crippen LogP contribution >= 0.6 is 0 Å². The highest BCUT2D eigenvalue weighted by molar-refractivity contribution is 6.04. The maximum absolute atomic E-state index is 12.3. The summed E-state index contributed by atoms with van der Waals surface area (Å²) in [6.07, 6.45) is 0. The number of amides is 1. The molecule has 0 unspecified atom stereocenters. The summed E-state index contributed by atoms with van der Waals surface area (Å²) in [5.41, 5.74) is 4.40. The third kappa shape index (κ3) is 4.45. The van der Waals surface area contributed by atoms with Crippen LogP contribution in [0.3, 0.4) is 0 Å². The molecule has 4 aromatic rings. The highest BCUT2D eigenvalue weighted by Crippen LogP contribution is 2.24. The van der Waals surface area contributed by atoms with Crippen LogP contribution in [0.2, 0.25) is 0 Å². The Morgan fingerprint density at radius 1 is 0.935 bits per heavy atom. The minimum absolute atomic E-state index is 0.162. The molecule has 0 spiro atoms. The van der Waals surface area contributed by atoms with Crippen molar-refractivity contribution in [2.45, 2.75) is 27.7 Å². The zero-order valence-corrected chi connectivity index (χ0v) is 17.9. The van der Waals surface area contributed by atoms with E-state index in [-0.39, 0.29) is 5.91 Å². The molecule has 0 bridgehead atoms. The Balaban J connectivity index is 1.51. The number of hydrogen-bond acceptors (Lipinski definition) is 5. The number of ether oxygens (including phenoxy) is 1. The summed E-state index contributed by atoms with van der Waals surface area (Å²) < 4.78 is 7.74. The van der Waals surface area contributed by atoms with Gasteiger partial charge in [-0.05, 0) is 69.7 Å². The van der Waals surface area contributed by atoms with Gasteiger partial charge in [0.2, 0.25) is 5.88 Å². The molecule has 2 heterocycles. The van der Waals surface area contributed by atoms with Gasteiger partial charge in [-0.25, -0.2) is 9.67 Å². The van der Waals surface area contributed by atoms with Crippen LogP contribution in [0, 0.1) is 27.7 Å². The number of nitrogens with zero attached hydrogens (tertiary/aromatic N) is 4. The molecule has 156 valence electrons. The molecule has 2 aromatic carbocycles. The molecule has 0 radical (unpaired) electrons. The molecule has 4 rings (SSSR count). The largest absolute Gasteiger partial charge is 0.439 e. The molecule has 2 aromatic heterocycles. The third-order valence-electron chi connectivity index (χ3n) is 5.04. The Bertz CT molecular complexity index is 1230. The Morgan fingerprint density at radius 3 is 2.29 bits per heavy atom. The predicted molar refractivity (Wildman–Crippen MR) is 119 cm³/mol. The van der Waals surface area contributed by atoms with E-state index in [1.165, 1.54) is 0 Å². The molecule has 0 atom stereocenters. The monoisotopic (exact) mass is 413 g/mol. The van der Waals surface area contributed by atoms with E-state index in [0.29, 0.717) is 34.5 Å². The number of carbonyl (C=O) groups excluding carboxylic acids is 1. The quantitative estimate of drug-likeness (QED) is 0.501. The normalized spacial score (nSPS) is 10.7. The number of carbonyl (C=O) groups is 1. The summed E-state index contributed by atoms with van der Waals surface area (Å²) >= 11 is 0. The average molecular weight is 413 g/mol. The van der Waals surface area contributed by atoms with Crippen LogP contribution in [0.15, 0.2) is 60.7 Å². The fourth-order valence-corrected chi connectivity index (χ4v) is 3.15. The summed E-state index contributed by atoms with van der Waals surface area (Å²) in [5.74, 6) is 2.11. The van der Waals surface area contributed by atoms with Crippen LogP contribution in [0.4, 0.5) is 5.69 Å². The highest BCUT2D eigenvalue weighted by atomic mass is 16.5. The molecule has 7 heteroatoms. The van der Waals surface area contributed by atoms with Crippen LogP contribution in [0.25, 0.3) is 5.82 Å². The minimum Gasteiger partial charge on any atom is -0.439 e. The van der Waals surface area contributed by atoms with Gasteiger partial charge in [-0.15, -0.1) is 0 Å². The zero-order valence-electron chi connectivity index (χ0n) is 17.9. The molecule has 0 saturated carbocycles. The van der Waals surface area contributed by atoms with E-state index >= 15 is 0 Å². The molecule has 7 nitrogen and oxygen atoms in total. The van der Waals surface area contributed by atoms with E-state index in [1.54, 1.807) is 47.1 Å². The lowest BCUT2D eigenvalue weighted by Crippen LogP contribution is -2.11. The fraction of sp³-hybridized carbons (Fsp3) is 0.167. The van der Waals surface area contributed by atoms with Gasteiger partial charge in [0, 0.05) is 23.0 Å². The van der Waals surface area contributed by atoms with Crippen molar-refractivity contribution in [3.05, 3.63) is 89.0 Å². The van der Waals surface area contributed by atoms with Crippen LogP contribution in [-0.4, -0.2) is 25.7 Å². The molecule has 1 N–H and O–H groups in total. The van der Waals surface area contributed by atoms with Crippen molar-refractivity contribution in [2.24, 2.45) is 0 Å². The van der Waals surface area contributed by atoms with Crippen molar-refractivity contribution in [3.8, 4) is 17.4 Å². The molecule has 0 fully saturated rings. The minimum atomic E-state index is -0.162.